The summed E-state index contributed by atoms with van der Waals surface area (Å²) in [6, 6.07) is 10.5. The van der Waals surface area contributed by atoms with Gasteiger partial charge in [-0.05, 0) is 42.8 Å². The molecule has 0 saturated heterocycles. The number of carbonyl (C=O) groups excluding carboxylic acids is 1. The van der Waals surface area contributed by atoms with Gasteiger partial charge in [0.05, 0.1) is 23.3 Å². The fourth-order valence-corrected chi connectivity index (χ4v) is 3.20. The zero-order valence-corrected chi connectivity index (χ0v) is 15.3. The molecular weight excluding hydrogens is 357 g/mol. The molecule has 0 fully saturated rings. The van der Waals surface area contributed by atoms with E-state index < -0.39 is 5.82 Å². The molecule has 0 bridgehead atoms. The normalized spacial score (nSPS) is 14.1. The van der Waals surface area contributed by atoms with Crippen LogP contribution >= 0.6 is 0 Å². The van der Waals surface area contributed by atoms with E-state index in [-0.39, 0.29) is 11.5 Å². The monoisotopic (exact) mass is 377 g/mol. The Labute approximate surface area is 161 Å². The van der Waals surface area contributed by atoms with Crippen molar-refractivity contribution >= 4 is 28.5 Å². The third-order valence-corrected chi connectivity index (χ3v) is 4.64. The fourth-order valence-electron chi connectivity index (χ4n) is 3.20. The van der Waals surface area contributed by atoms with Crippen molar-refractivity contribution in [2.45, 2.75) is 13.3 Å². The van der Waals surface area contributed by atoms with Gasteiger partial charge < -0.3 is 20.9 Å². The molecule has 0 radical (unpaired) electrons. The number of benzene rings is 2. The van der Waals surface area contributed by atoms with Crippen molar-refractivity contribution in [3.8, 4) is 0 Å². The van der Waals surface area contributed by atoms with Crippen molar-refractivity contribution < 1.29 is 9.18 Å². The van der Waals surface area contributed by atoms with Gasteiger partial charge in [0.25, 0.3) is 5.91 Å². The lowest BCUT2D eigenvalue weighted by Crippen LogP contribution is -2.07. The standard InChI is InChI=1S/C21H20FN5O/c1-13-9-14(5-6-18(13)24-8-7-15-10-23-12-26-15)25-11-16-20-17(22)3-2-4-19(20)27-21(16)28/h2-6,9-12,24-25H,7-8H2,1H3,(H,23,26)(H,27,28). The minimum absolute atomic E-state index is 0.284. The molecule has 6 nitrogen and oxygen atoms in total. The maximum Gasteiger partial charge on any atom is 0.257 e. The molecule has 1 aliphatic heterocycles. The summed E-state index contributed by atoms with van der Waals surface area (Å²) in [6.45, 7) is 2.78. The minimum Gasteiger partial charge on any atom is -0.384 e. The quantitative estimate of drug-likeness (QED) is 0.491. The molecule has 2 heterocycles. The number of H-pyrrole nitrogens is 1. The van der Waals surface area contributed by atoms with Gasteiger partial charge in [-0.25, -0.2) is 9.37 Å². The Morgan fingerprint density at radius 2 is 2.14 bits per heavy atom. The molecule has 0 spiro atoms. The van der Waals surface area contributed by atoms with Crippen molar-refractivity contribution in [2.75, 3.05) is 22.5 Å². The number of rotatable bonds is 6. The van der Waals surface area contributed by atoms with Crippen molar-refractivity contribution in [3.63, 3.8) is 0 Å². The molecule has 7 heteroatoms. The molecule has 142 valence electrons. The summed E-state index contributed by atoms with van der Waals surface area (Å²) in [5, 5.41) is 9.17. The van der Waals surface area contributed by atoms with Gasteiger partial charge in [0, 0.05) is 42.3 Å². The first-order chi connectivity index (χ1) is 13.6. The summed E-state index contributed by atoms with van der Waals surface area (Å²) in [6.07, 6.45) is 5.93. The van der Waals surface area contributed by atoms with E-state index in [1.54, 1.807) is 24.7 Å². The van der Waals surface area contributed by atoms with Gasteiger partial charge >= 0.3 is 0 Å². The second-order valence-electron chi connectivity index (χ2n) is 6.59. The average Bonchev–Trinajstić information content (AvgIpc) is 3.29. The first kappa shape index (κ1) is 17.8. The predicted octanol–water partition coefficient (Wildman–Crippen LogP) is 3.92. The molecule has 0 unspecified atom stereocenters. The number of nitrogens with one attached hydrogen (secondary N) is 4. The zero-order valence-electron chi connectivity index (χ0n) is 15.3. The molecule has 1 amide bonds. The van der Waals surface area contributed by atoms with Crippen molar-refractivity contribution in [3.05, 3.63) is 77.8 Å². The zero-order chi connectivity index (χ0) is 19.5. The Bertz CT molecular complexity index is 1040. The van der Waals surface area contributed by atoms with E-state index >= 15 is 0 Å². The smallest absolute Gasteiger partial charge is 0.257 e. The van der Waals surface area contributed by atoms with Crippen LogP contribution in [0.4, 0.5) is 21.5 Å². The summed E-state index contributed by atoms with van der Waals surface area (Å²) in [5.41, 5.74) is 5.00. The fraction of sp³-hybridized carbons (Fsp3) is 0.143. The molecule has 3 aromatic rings. The van der Waals surface area contributed by atoms with E-state index in [1.165, 1.54) is 6.07 Å². The third-order valence-electron chi connectivity index (χ3n) is 4.64. The van der Waals surface area contributed by atoms with Crippen LogP contribution < -0.4 is 16.0 Å². The first-order valence-electron chi connectivity index (χ1n) is 9.01. The highest BCUT2D eigenvalue weighted by Gasteiger charge is 2.27. The molecule has 0 atom stereocenters. The minimum atomic E-state index is -0.420. The second kappa shape index (κ2) is 7.56. The van der Waals surface area contributed by atoms with Crippen molar-refractivity contribution in [2.24, 2.45) is 0 Å². The number of halogens is 1. The third kappa shape index (κ3) is 3.59. The van der Waals surface area contributed by atoms with Gasteiger partial charge in [-0.1, -0.05) is 6.07 Å². The number of carbonyl (C=O) groups is 1. The summed E-state index contributed by atoms with van der Waals surface area (Å²) < 4.78 is 14.1. The lowest BCUT2D eigenvalue weighted by Gasteiger charge is -2.11. The van der Waals surface area contributed by atoms with E-state index in [1.807, 2.05) is 31.3 Å². The number of imidazole rings is 1. The van der Waals surface area contributed by atoms with Crippen LogP contribution in [-0.2, 0) is 11.2 Å². The SMILES string of the molecule is Cc1cc(NC=C2C(=O)Nc3cccc(F)c32)ccc1NCCc1c[nH]cn1. The van der Waals surface area contributed by atoms with E-state index in [4.69, 9.17) is 0 Å². The summed E-state index contributed by atoms with van der Waals surface area (Å²) >= 11 is 0. The largest absolute Gasteiger partial charge is 0.384 e. The van der Waals surface area contributed by atoms with Crippen LogP contribution in [0.15, 0.2) is 55.1 Å². The van der Waals surface area contributed by atoms with Crippen LogP contribution in [0.1, 0.15) is 16.8 Å². The van der Waals surface area contributed by atoms with Crippen LogP contribution in [0.5, 0.6) is 0 Å². The first-order valence-corrected chi connectivity index (χ1v) is 9.01. The Balaban J connectivity index is 1.44. The topological polar surface area (TPSA) is 81.8 Å². The van der Waals surface area contributed by atoms with E-state index in [9.17, 15) is 9.18 Å². The number of aromatic amines is 1. The van der Waals surface area contributed by atoms with Crippen LogP contribution in [0.2, 0.25) is 0 Å². The Kier molecular flexibility index (Phi) is 4.80. The summed E-state index contributed by atoms with van der Waals surface area (Å²) in [7, 11) is 0. The molecule has 0 aliphatic carbocycles. The van der Waals surface area contributed by atoms with Crippen LogP contribution in [0, 0.1) is 12.7 Å². The second-order valence-corrected chi connectivity index (χ2v) is 6.59. The number of nitrogens with zero attached hydrogens (tertiary/aromatic N) is 1. The van der Waals surface area contributed by atoms with E-state index in [0.717, 1.165) is 35.6 Å². The molecular formula is C21H20FN5O. The number of fused-ring (bicyclic) bond motifs is 1. The number of aromatic nitrogens is 2. The molecule has 1 aliphatic rings. The Morgan fingerprint density at radius 1 is 1.25 bits per heavy atom. The van der Waals surface area contributed by atoms with Gasteiger partial charge in [-0.15, -0.1) is 0 Å². The van der Waals surface area contributed by atoms with Crippen LogP contribution in [0.3, 0.4) is 0 Å². The van der Waals surface area contributed by atoms with Crippen molar-refractivity contribution in [1.82, 2.24) is 9.97 Å². The van der Waals surface area contributed by atoms with Crippen LogP contribution in [-0.4, -0.2) is 22.4 Å². The number of anilines is 3. The van der Waals surface area contributed by atoms with E-state index in [0.29, 0.717) is 11.3 Å². The highest BCUT2D eigenvalue weighted by molar-refractivity contribution is 6.31. The number of hydrogen-bond acceptors (Lipinski definition) is 4. The number of hydrogen-bond donors (Lipinski definition) is 4. The maximum atomic E-state index is 14.1. The lowest BCUT2D eigenvalue weighted by molar-refractivity contribution is -0.110. The Morgan fingerprint density at radius 3 is 2.93 bits per heavy atom. The van der Waals surface area contributed by atoms with Crippen LogP contribution in [0.25, 0.3) is 5.57 Å². The Hall–Kier alpha value is -3.61. The highest BCUT2D eigenvalue weighted by atomic mass is 19.1. The molecule has 4 rings (SSSR count). The summed E-state index contributed by atoms with van der Waals surface area (Å²) in [4.78, 5) is 19.3. The summed E-state index contributed by atoms with van der Waals surface area (Å²) in [5.74, 6) is -0.738. The molecule has 1 aromatic heterocycles. The van der Waals surface area contributed by atoms with Gasteiger partial charge in [0.1, 0.15) is 5.82 Å². The van der Waals surface area contributed by atoms with Crippen molar-refractivity contribution in [1.29, 1.82) is 0 Å². The van der Waals surface area contributed by atoms with Gasteiger partial charge in [0.15, 0.2) is 0 Å². The molecule has 2 aromatic carbocycles. The molecule has 4 N–H and O–H groups in total. The van der Waals surface area contributed by atoms with E-state index in [2.05, 4.69) is 25.9 Å². The van der Waals surface area contributed by atoms with Gasteiger partial charge in [-0.3, -0.25) is 4.79 Å². The average molecular weight is 377 g/mol. The molecule has 28 heavy (non-hydrogen) atoms. The van der Waals surface area contributed by atoms with Gasteiger partial charge in [0.2, 0.25) is 0 Å². The number of aryl methyl sites for hydroxylation is 1. The molecule has 0 saturated carbocycles. The predicted molar refractivity (Wildman–Crippen MR) is 109 cm³/mol. The number of amides is 1. The highest BCUT2D eigenvalue weighted by Crippen LogP contribution is 2.33. The maximum absolute atomic E-state index is 14.1. The lowest BCUT2D eigenvalue weighted by atomic mass is 10.1. The van der Waals surface area contributed by atoms with Gasteiger partial charge in [-0.2, -0.15) is 0 Å².